The minimum atomic E-state index is -0.411. The Morgan fingerprint density at radius 3 is 2.74 bits per heavy atom. The lowest BCUT2D eigenvalue weighted by Crippen LogP contribution is -2.42. The molecule has 1 aromatic rings. The fourth-order valence-electron chi connectivity index (χ4n) is 3.69. The molecule has 0 saturated heterocycles. The summed E-state index contributed by atoms with van der Waals surface area (Å²) in [5.41, 5.74) is 3.11. The lowest BCUT2D eigenvalue weighted by Gasteiger charge is -2.29. The highest BCUT2D eigenvalue weighted by Crippen LogP contribution is 2.24. The van der Waals surface area contributed by atoms with Gasteiger partial charge in [0.05, 0.1) is 5.56 Å². The summed E-state index contributed by atoms with van der Waals surface area (Å²) in [5.74, 6) is -0.107. The van der Waals surface area contributed by atoms with Gasteiger partial charge in [0.2, 0.25) is 0 Å². The molecule has 2 aliphatic carbocycles. The summed E-state index contributed by atoms with van der Waals surface area (Å²) in [6.45, 7) is 1.97. The highest BCUT2D eigenvalue weighted by Gasteiger charge is 2.23. The molecule has 2 aliphatic rings. The van der Waals surface area contributed by atoms with E-state index >= 15 is 0 Å². The number of fused-ring (bicyclic) bond motifs is 1. The number of aryl methyl sites for hydroxylation is 2. The first-order valence-electron chi connectivity index (χ1n) is 8.72. The molecule has 1 fully saturated rings. The molecule has 124 valence electrons. The Bertz CT molecular complexity index is 596. The number of carbonyl (C=O) groups excluding carboxylic acids is 2. The SMILES string of the molecule is C[C@H]1CCCC[C@@H]1NC(=O)COC(=O)c1ccc2c(c1)CCC2. The van der Waals surface area contributed by atoms with Crippen molar-refractivity contribution >= 4 is 11.9 Å². The second kappa shape index (κ2) is 7.16. The molecule has 23 heavy (non-hydrogen) atoms. The molecule has 0 bridgehead atoms. The van der Waals surface area contributed by atoms with Gasteiger partial charge in [0.25, 0.3) is 5.91 Å². The predicted octanol–water partition coefficient (Wildman–Crippen LogP) is 3.03. The second-order valence-corrected chi connectivity index (χ2v) is 6.85. The van der Waals surface area contributed by atoms with Crippen LogP contribution in [0.2, 0.25) is 0 Å². The van der Waals surface area contributed by atoms with Crippen LogP contribution in [0.3, 0.4) is 0 Å². The van der Waals surface area contributed by atoms with Crippen LogP contribution in [0, 0.1) is 5.92 Å². The number of ether oxygens (including phenoxy) is 1. The molecular formula is C19H25NO3. The molecule has 0 aliphatic heterocycles. The van der Waals surface area contributed by atoms with Crippen LogP contribution in [0.5, 0.6) is 0 Å². The van der Waals surface area contributed by atoms with Crippen LogP contribution in [0.25, 0.3) is 0 Å². The summed E-state index contributed by atoms with van der Waals surface area (Å²) in [4.78, 5) is 24.1. The third-order valence-electron chi connectivity index (χ3n) is 5.13. The smallest absolute Gasteiger partial charge is 0.338 e. The Labute approximate surface area is 137 Å². The molecule has 1 saturated carbocycles. The van der Waals surface area contributed by atoms with Crippen molar-refractivity contribution in [1.82, 2.24) is 5.32 Å². The Morgan fingerprint density at radius 1 is 1.13 bits per heavy atom. The number of rotatable bonds is 4. The van der Waals surface area contributed by atoms with Crippen LogP contribution in [0.4, 0.5) is 0 Å². The van der Waals surface area contributed by atoms with E-state index in [9.17, 15) is 9.59 Å². The molecule has 1 amide bonds. The Morgan fingerprint density at radius 2 is 1.91 bits per heavy atom. The van der Waals surface area contributed by atoms with Gasteiger partial charge in [-0.05, 0) is 61.3 Å². The molecule has 4 nitrogen and oxygen atoms in total. The van der Waals surface area contributed by atoms with Crippen molar-refractivity contribution in [3.05, 3.63) is 34.9 Å². The van der Waals surface area contributed by atoms with Gasteiger partial charge in [-0.25, -0.2) is 4.79 Å². The van der Waals surface area contributed by atoms with Gasteiger partial charge >= 0.3 is 5.97 Å². The average molecular weight is 315 g/mol. The Balaban J connectivity index is 1.49. The maximum Gasteiger partial charge on any atom is 0.338 e. The van der Waals surface area contributed by atoms with Crippen LogP contribution < -0.4 is 5.32 Å². The van der Waals surface area contributed by atoms with Gasteiger partial charge in [0.1, 0.15) is 0 Å². The van der Waals surface area contributed by atoms with Crippen molar-refractivity contribution in [3.63, 3.8) is 0 Å². The number of hydrogen-bond donors (Lipinski definition) is 1. The van der Waals surface area contributed by atoms with Gasteiger partial charge in [0.15, 0.2) is 6.61 Å². The maximum absolute atomic E-state index is 12.1. The van der Waals surface area contributed by atoms with Gasteiger partial charge < -0.3 is 10.1 Å². The Kier molecular flexibility index (Phi) is 4.99. The van der Waals surface area contributed by atoms with Crippen LogP contribution in [0.15, 0.2) is 18.2 Å². The van der Waals surface area contributed by atoms with Crippen molar-refractivity contribution in [1.29, 1.82) is 0 Å². The minimum Gasteiger partial charge on any atom is -0.452 e. The molecule has 0 spiro atoms. The summed E-state index contributed by atoms with van der Waals surface area (Å²) in [7, 11) is 0. The molecular weight excluding hydrogens is 290 g/mol. The zero-order valence-corrected chi connectivity index (χ0v) is 13.8. The predicted molar refractivity (Wildman–Crippen MR) is 88.3 cm³/mol. The normalized spacial score (nSPS) is 23.2. The highest BCUT2D eigenvalue weighted by molar-refractivity contribution is 5.91. The van der Waals surface area contributed by atoms with Crippen molar-refractivity contribution < 1.29 is 14.3 Å². The summed E-state index contributed by atoms with van der Waals surface area (Å²) in [5, 5.41) is 3.00. The molecule has 4 heteroatoms. The first-order valence-corrected chi connectivity index (χ1v) is 8.72. The zero-order valence-electron chi connectivity index (χ0n) is 13.8. The molecule has 3 rings (SSSR count). The van der Waals surface area contributed by atoms with E-state index in [0.29, 0.717) is 11.5 Å². The highest BCUT2D eigenvalue weighted by atomic mass is 16.5. The van der Waals surface area contributed by atoms with E-state index in [-0.39, 0.29) is 18.6 Å². The first-order chi connectivity index (χ1) is 11.1. The van der Waals surface area contributed by atoms with Crippen molar-refractivity contribution in [2.75, 3.05) is 6.61 Å². The van der Waals surface area contributed by atoms with E-state index in [1.807, 2.05) is 12.1 Å². The second-order valence-electron chi connectivity index (χ2n) is 6.85. The summed E-state index contributed by atoms with van der Waals surface area (Å²) < 4.78 is 5.18. The van der Waals surface area contributed by atoms with Gasteiger partial charge in [-0.1, -0.05) is 25.8 Å². The topological polar surface area (TPSA) is 55.4 Å². The quantitative estimate of drug-likeness (QED) is 0.869. The van der Waals surface area contributed by atoms with Gasteiger partial charge in [-0.3, -0.25) is 4.79 Å². The fourth-order valence-corrected chi connectivity index (χ4v) is 3.69. The van der Waals surface area contributed by atoms with Gasteiger partial charge in [0, 0.05) is 6.04 Å². The van der Waals surface area contributed by atoms with Gasteiger partial charge in [-0.2, -0.15) is 0 Å². The number of carbonyl (C=O) groups is 2. The van der Waals surface area contributed by atoms with Crippen molar-refractivity contribution in [2.45, 2.75) is 57.9 Å². The maximum atomic E-state index is 12.1. The molecule has 1 N–H and O–H groups in total. The van der Waals surface area contributed by atoms with Gasteiger partial charge in [-0.15, -0.1) is 0 Å². The fraction of sp³-hybridized carbons (Fsp3) is 0.579. The number of amides is 1. The molecule has 1 aromatic carbocycles. The first kappa shape index (κ1) is 16.0. The molecule has 0 unspecified atom stereocenters. The molecule has 0 heterocycles. The van der Waals surface area contributed by atoms with E-state index < -0.39 is 5.97 Å². The lowest BCUT2D eigenvalue weighted by atomic mass is 9.86. The number of benzene rings is 1. The monoisotopic (exact) mass is 315 g/mol. The summed E-state index contributed by atoms with van der Waals surface area (Å²) in [6, 6.07) is 5.93. The number of esters is 1. The van der Waals surface area contributed by atoms with Crippen LogP contribution in [-0.2, 0) is 22.4 Å². The third-order valence-corrected chi connectivity index (χ3v) is 5.13. The largest absolute Gasteiger partial charge is 0.452 e. The molecule has 0 aromatic heterocycles. The van der Waals surface area contributed by atoms with Crippen molar-refractivity contribution in [3.8, 4) is 0 Å². The summed E-state index contributed by atoms with van der Waals surface area (Å²) >= 11 is 0. The van der Waals surface area contributed by atoms with Crippen LogP contribution >= 0.6 is 0 Å². The van der Waals surface area contributed by atoms with Crippen molar-refractivity contribution in [2.24, 2.45) is 5.92 Å². The van der Waals surface area contributed by atoms with E-state index in [1.165, 1.54) is 17.5 Å². The third kappa shape index (κ3) is 3.92. The van der Waals surface area contributed by atoms with Crippen LogP contribution in [0.1, 0.15) is 60.5 Å². The van der Waals surface area contributed by atoms with E-state index in [1.54, 1.807) is 6.07 Å². The molecule has 2 atom stereocenters. The summed E-state index contributed by atoms with van der Waals surface area (Å²) in [6.07, 6.45) is 7.83. The average Bonchev–Trinajstić information content (AvgIpc) is 3.02. The van der Waals surface area contributed by atoms with E-state index in [4.69, 9.17) is 4.74 Å². The molecule has 0 radical (unpaired) electrons. The zero-order chi connectivity index (χ0) is 16.2. The standard InChI is InChI=1S/C19H25NO3/c1-13-5-2-3-8-17(13)20-18(21)12-23-19(22)16-10-9-14-6-4-7-15(14)11-16/h9-11,13,17H,2-8,12H2,1H3,(H,20,21)/t13-,17-/m0/s1. The van der Waals surface area contributed by atoms with E-state index in [0.717, 1.165) is 38.5 Å². The Hall–Kier alpha value is -1.84. The number of hydrogen-bond acceptors (Lipinski definition) is 3. The lowest BCUT2D eigenvalue weighted by molar-refractivity contribution is -0.125. The minimum absolute atomic E-state index is 0.195. The van der Waals surface area contributed by atoms with E-state index in [2.05, 4.69) is 12.2 Å². The van der Waals surface area contributed by atoms with Crippen LogP contribution in [-0.4, -0.2) is 24.5 Å². The number of nitrogens with one attached hydrogen (secondary N) is 1.